The second-order valence-electron chi connectivity index (χ2n) is 5.72. The molecule has 0 aromatic heterocycles. The van der Waals surface area contributed by atoms with Crippen LogP contribution in [0.3, 0.4) is 0 Å². The fourth-order valence-electron chi connectivity index (χ4n) is 2.78. The standard InChI is InChI=1S/C19H23NO3/c1-2-17(20-12-14-3-5-15(13-21)6-4-14)16-7-8-18-19(11-16)23-10-9-22-18/h3-8,11,17,20-21H,2,9-10,12-13H2,1H3. The first-order valence-corrected chi connectivity index (χ1v) is 8.11. The average molecular weight is 313 g/mol. The zero-order valence-corrected chi connectivity index (χ0v) is 13.4. The molecule has 1 aliphatic heterocycles. The third-order valence-corrected chi connectivity index (χ3v) is 4.13. The van der Waals surface area contributed by atoms with Crippen molar-refractivity contribution in [1.82, 2.24) is 5.32 Å². The lowest BCUT2D eigenvalue weighted by Gasteiger charge is -2.22. The Morgan fingerprint density at radius 1 is 1.00 bits per heavy atom. The van der Waals surface area contributed by atoms with Gasteiger partial charge in [-0.1, -0.05) is 37.3 Å². The van der Waals surface area contributed by atoms with E-state index in [1.54, 1.807) is 0 Å². The van der Waals surface area contributed by atoms with Gasteiger partial charge in [0.1, 0.15) is 13.2 Å². The summed E-state index contributed by atoms with van der Waals surface area (Å²) in [5, 5.41) is 12.7. The van der Waals surface area contributed by atoms with E-state index in [4.69, 9.17) is 14.6 Å². The highest BCUT2D eigenvalue weighted by molar-refractivity contribution is 5.44. The van der Waals surface area contributed by atoms with Crippen molar-refractivity contribution in [2.24, 2.45) is 0 Å². The SMILES string of the molecule is CCC(NCc1ccc(CO)cc1)c1ccc2c(c1)OCCO2. The molecule has 1 aliphatic rings. The molecule has 23 heavy (non-hydrogen) atoms. The molecule has 2 aromatic rings. The average Bonchev–Trinajstić information content (AvgIpc) is 2.62. The molecule has 1 unspecified atom stereocenters. The molecule has 1 atom stereocenters. The summed E-state index contributed by atoms with van der Waals surface area (Å²) in [6, 6.07) is 14.5. The predicted octanol–water partition coefficient (Wildman–Crippen LogP) is 3.19. The molecule has 0 aliphatic carbocycles. The van der Waals surface area contributed by atoms with Crippen LogP contribution in [0, 0.1) is 0 Å². The monoisotopic (exact) mass is 313 g/mol. The van der Waals surface area contributed by atoms with Crippen LogP contribution in [0.15, 0.2) is 42.5 Å². The molecule has 0 saturated heterocycles. The van der Waals surface area contributed by atoms with Crippen molar-refractivity contribution >= 4 is 0 Å². The minimum Gasteiger partial charge on any atom is -0.486 e. The highest BCUT2D eigenvalue weighted by atomic mass is 16.6. The third-order valence-electron chi connectivity index (χ3n) is 4.13. The molecule has 2 N–H and O–H groups in total. The van der Waals surface area contributed by atoms with Gasteiger partial charge in [-0.2, -0.15) is 0 Å². The predicted molar refractivity (Wildman–Crippen MR) is 89.7 cm³/mol. The van der Waals surface area contributed by atoms with Gasteiger partial charge in [-0.05, 0) is 35.2 Å². The molecule has 1 heterocycles. The van der Waals surface area contributed by atoms with Crippen molar-refractivity contribution in [2.45, 2.75) is 32.5 Å². The van der Waals surface area contributed by atoms with Gasteiger partial charge >= 0.3 is 0 Å². The molecule has 4 nitrogen and oxygen atoms in total. The Kier molecular flexibility index (Phi) is 5.16. The number of aliphatic hydroxyl groups excluding tert-OH is 1. The second kappa shape index (κ2) is 7.49. The molecule has 0 bridgehead atoms. The molecular weight excluding hydrogens is 290 g/mol. The molecule has 2 aromatic carbocycles. The first kappa shape index (κ1) is 15.8. The minimum atomic E-state index is 0.0858. The van der Waals surface area contributed by atoms with Crippen molar-refractivity contribution in [3.05, 3.63) is 59.2 Å². The van der Waals surface area contributed by atoms with E-state index in [1.807, 2.05) is 18.2 Å². The number of nitrogens with one attached hydrogen (secondary N) is 1. The fourth-order valence-corrected chi connectivity index (χ4v) is 2.78. The Balaban J connectivity index is 1.67. The topological polar surface area (TPSA) is 50.7 Å². The maximum absolute atomic E-state index is 9.09. The normalized spacial score (nSPS) is 14.5. The molecule has 3 rings (SSSR count). The largest absolute Gasteiger partial charge is 0.486 e. The lowest BCUT2D eigenvalue weighted by molar-refractivity contribution is 0.171. The van der Waals surface area contributed by atoms with Crippen molar-refractivity contribution in [3.63, 3.8) is 0 Å². The van der Waals surface area contributed by atoms with Gasteiger partial charge in [-0.25, -0.2) is 0 Å². The first-order chi connectivity index (χ1) is 11.3. The number of rotatable bonds is 6. The summed E-state index contributed by atoms with van der Waals surface area (Å²) in [5.74, 6) is 1.66. The summed E-state index contributed by atoms with van der Waals surface area (Å²) in [6.45, 7) is 4.27. The van der Waals surface area contributed by atoms with Gasteiger partial charge in [0, 0.05) is 12.6 Å². The fraction of sp³-hybridized carbons (Fsp3) is 0.368. The van der Waals surface area contributed by atoms with E-state index in [0.29, 0.717) is 13.2 Å². The number of hydrogen-bond acceptors (Lipinski definition) is 4. The summed E-state index contributed by atoms with van der Waals surface area (Å²) in [6.07, 6.45) is 0.994. The van der Waals surface area contributed by atoms with Crippen LogP contribution in [0.1, 0.15) is 36.1 Å². The van der Waals surface area contributed by atoms with Crippen molar-refractivity contribution in [1.29, 1.82) is 0 Å². The highest BCUT2D eigenvalue weighted by Gasteiger charge is 2.15. The summed E-state index contributed by atoms with van der Waals surface area (Å²) in [5.41, 5.74) is 3.36. The lowest BCUT2D eigenvalue weighted by atomic mass is 10.0. The number of benzene rings is 2. The molecule has 0 amide bonds. The molecule has 122 valence electrons. The highest BCUT2D eigenvalue weighted by Crippen LogP contribution is 2.33. The zero-order chi connectivity index (χ0) is 16.1. The molecular formula is C19H23NO3. The quantitative estimate of drug-likeness (QED) is 0.860. The molecule has 0 fully saturated rings. The number of hydrogen-bond donors (Lipinski definition) is 2. The van der Waals surface area contributed by atoms with Crippen LogP contribution in [0.5, 0.6) is 11.5 Å². The third kappa shape index (κ3) is 3.84. The molecule has 4 heteroatoms. The van der Waals surface area contributed by atoms with E-state index in [0.717, 1.165) is 30.0 Å². The Morgan fingerprint density at radius 2 is 1.70 bits per heavy atom. The van der Waals surface area contributed by atoms with E-state index < -0.39 is 0 Å². The van der Waals surface area contributed by atoms with Gasteiger partial charge in [0.15, 0.2) is 11.5 Å². The van der Waals surface area contributed by atoms with Crippen LogP contribution >= 0.6 is 0 Å². The summed E-state index contributed by atoms with van der Waals surface area (Å²) < 4.78 is 11.2. The summed E-state index contributed by atoms with van der Waals surface area (Å²) >= 11 is 0. The van der Waals surface area contributed by atoms with Gasteiger partial charge in [-0.15, -0.1) is 0 Å². The van der Waals surface area contributed by atoms with Gasteiger partial charge in [0.25, 0.3) is 0 Å². The van der Waals surface area contributed by atoms with E-state index in [-0.39, 0.29) is 12.6 Å². The molecule has 0 spiro atoms. The van der Waals surface area contributed by atoms with Crippen LogP contribution in [0.2, 0.25) is 0 Å². The van der Waals surface area contributed by atoms with E-state index in [2.05, 4.69) is 36.5 Å². The summed E-state index contributed by atoms with van der Waals surface area (Å²) in [4.78, 5) is 0. The minimum absolute atomic E-state index is 0.0858. The smallest absolute Gasteiger partial charge is 0.161 e. The van der Waals surface area contributed by atoms with Crippen LogP contribution < -0.4 is 14.8 Å². The maximum atomic E-state index is 9.09. The number of aliphatic hydroxyl groups is 1. The van der Waals surface area contributed by atoms with Crippen LogP contribution in [-0.4, -0.2) is 18.3 Å². The van der Waals surface area contributed by atoms with Crippen LogP contribution in [0.4, 0.5) is 0 Å². The number of fused-ring (bicyclic) bond motifs is 1. The van der Waals surface area contributed by atoms with E-state index >= 15 is 0 Å². The van der Waals surface area contributed by atoms with Crippen LogP contribution in [-0.2, 0) is 13.2 Å². The van der Waals surface area contributed by atoms with Gasteiger partial charge in [-0.3, -0.25) is 0 Å². The van der Waals surface area contributed by atoms with Gasteiger partial charge in [0.05, 0.1) is 6.61 Å². The van der Waals surface area contributed by atoms with Crippen molar-refractivity contribution in [2.75, 3.05) is 13.2 Å². The van der Waals surface area contributed by atoms with E-state index in [9.17, 15) is 0 Å². The van der Waals surface area contributed by atoms with Crippen molar-refractivity contribution < 1.29 is 14.6 Å². The zero-order valence-electron chi connectivity index (χ0n) is 13.4. The lowest BCUT2D eigenvalue weighted by Crippen LogP contribution is -2.21. The van der Waals surface area contributed by atoms with Gasteiger partial charge in [0.2, 0.25) is 0 Å². The van der Waals surface area contributed by atoms with Gasteiger partial charge < -0.3 is 19.9 Å². The van der Waals surface area contributed by atoms with Crippen molar-refractivity contribution in [3.8, 4) is 11.5 Å². The van der Waals surface area contributed by atoms with E-state index in [1.165, 1.54) is 11.1 Å². The maximum Gasteiger partial charge on any atom is 0.161 e. The second-order valence-corrected chi connectivity index (χ2v) is 5.72. The Morgan fingerprint density at radius 3 is 2.39 bits per heavy atom. The Labute approximate surface area is 137 Å². The summed E-state index contributed by atoms with van der Waals surface area (Å²) in [7, 11) is 0. The molecule has 0 saturated carbocycles. The van der Waals surface area contributed by atoms with Crippen LogP contribution in [0.25, 0.3) is 0 Å². The molecule has 0 radical (unpaired) electrons. The Hall–Kier alpha value is -2.04. The first-order valence-electron chi connectivity index (χ1n) is 8.11. The Bertz CT molecular complexity index is 640. The number of ether oxygens (including phenoxy) is 2.